The predicted octanol–water partition coefficient (Wildman–Crippen LogP) is 3.25. The highest BCUT2D eigenvalue weighted by atomic mass is 32.1. The smallest absolute Gasteiger partial charge is 0.123 e. The lowest BCUT2D eigenvalue weighted by Crippen LogP contribution is -2.34. The lowest BCUT2D eigenvalue weighted by atomic mass is 10.1. The summed E-state index contributed by atoms with van der Waals surface area (Å²) in [5.74, 6) is 0.925. The van der Waals surface area contributed by atoms with Crippen LogP contribution in [-0.4, -0.2) is 19.8 Å². The van der Waals surface area contributed by atoms with Gasteiger partial charge in [0.1, 0.15) is 5.76 Å². The van der Waals surface area contributed by atoms with Gasteiger partial charge in [0, 0.05) is 13.2 Å². The van der Waals surface area contributed by atoms with E-state index in [0.717, 1.165) is 12.2 Å². The molecule has 2 atom stereocenters. The summed E-state index contributed by atoms with van der Waals surface area (Å²) >= 11 is 1.74. The van der Waals surface area contributed by atoms with Gasteiger partial charge in [-0.2, -0.15) is 11.3 Å². The molecule has 0 aliphatic heterocycles. The summed E-state index contributed by atoms with van der Waals surface area (Å²) in [6.07, 6.45) is 2.72. The molecule has 18 heavy (non-hydrogen) atoms. The molecular weight excluding hydrogens is 246 g/mol. The van der Waals surface area contributed by atoms with Crippen molar-refractivity contribution in [3.8, 4) is 0 Å². The monoisotopic (exact) mass is 265 g/mol. The van der Waals surface area contributed by atoms with E-state index < -0.39 is 0 Å². The summed E-state index contributed by atoms with van der Waals surface area (Å²) in [6, 6.07) is 6.54. The van der Waals surface area contributed by atoms with Crippen molar-refractivity contribution in [3.05, 3.63) is 46.5 Å². The van der Waals surface area contributed by atoms with Crippen molar-refractivity contribution in [3.63, 3.8) is 0 Å². The Balaban J connectivity index is 1.92. The molecule has 0 saturated carbocycles. The molecule has 0 aliphatic carbocycles. The summed E-state index contributed by atoms with van der Waals surface area (Å²) < 4.78 is 10.7. The fraction of sp³-hybridized carbons (Fsp3) is 0.429. The quantitative estimate of drug-likeness (QED) is 0.834. The second-order valence-electron chi connectivity index (χ2n) is 4.43. The molecule has 0 amide bonds. The molecule has 2 heterocycles. The van der Waals surface area contributed by atoms with Crippen LogP contribution in [-0.2, 0) is 11.2 Å². The Labute approximate surface area is 112 Å². The maximum atomic E-state index is 5.44. The van der Waals surface area contributed by atoms with Gasteiger partial charge in [-0.1, -0.05) is 0 Å². The van der Waals surface area contributed by atoms with E-state index in [1.165, 1.54) is 5.56 Å². The molecule has 3 nitrogen and oxygen atoms in total. The molecule has 0 saturated heterocycles. The van der Waals surface area contributed by atoms with Crippen molar-refractivity contribution >= 4 is 11.3 Å². The van der Waals surface area contributed by atoms with E-state index in [-0.39, 0.29) is 6.04 Å². The zero-order valence-electron chi connectivity index (χ0n) is 10.8. The molecule has 0 fully saturated rings. The molecule has 0 radical (unpaired) electrons. The largest absolute Gasteiger partial charge is 0.468 e. The first-order valence-electron chi connectivity index (χ1n) is 6.09. The van der Waals surface area contributed by atoms with Crippen LogP contribution >= 0.6 is 11.3 Å². The number of hydrogen-bond donors (Lipinski definition) is 1. The van der Waals surface area contributed by atoms with E-state index >= 15 is 0 Å². The predicted molar refractivity (Wildman–Crippen MR) is 73.9 cm³/mol. The molecule has 2 rings (SSSR count). The van der Waals surface area contributed by atoms with Crippen molar-refractivity contribution in [1.82, 2.24) is 5.32 Å². The van der Waals surface area contributed by atoms with Gasteiger partial charge in [-0.15, -0.1) is 0 Å². The number of rotatable bonds is 7. The highest BCUT2D eigenvalue weighted by Gasteiger charge is 2.16. The van der Waals surface area contributed by atoms with E-state index in [0.29, 0.717) is 12.6 Å². The number of furan rings is 1. The fourth-order valence-corrected chi connectivity index (χ4v) is 2.71. The minimum atomic E-state index is 0.110. The fourth-order valence-electron chi connectivity index (χ4n) is 2.03. The Kier molecular flexibility index (Phi) is 4.99. The Hall–Kier alpha value is -1.10. The summed E-state index contributed by atoms with van der Waals surface area (Å²) in [6.45, 7) is 2.80. The third-order valence-corrected chi connectivity index (χ3v) is 3.56. The first kappa shape index (κ1) is 13.3. The van der Waals surface area contributed by atoms with Crippen LogP contribution in [0.3, 0.4) is 0 Å². The van der Waals surface area contributed by atoms with Crippen LogP contribution in [0, 0.1) is 0 Å². The summed E-state index contributed by atoms with van der Waals surface area (Å²) in [5.41, 5.74) is 1.37. The molecule has 0 unspecified atom stereocenters. The molecule has 1 N–H and O–H groups in total. The maximum absolute atomic E-state index is 5.44. The third kappa shape index (κ3) is 3.70. The lowest BCUT2D eigenvalue weighted by Gasteiger charge is -2.21. The minimum absolute atomic E-state index is 0.110. The van der Waals surface area contributed by atoms with Gasteiger partial charge < -0.3 is 14.5 Å². The Morgan fingerprint density at radius 2 is 2.33 bits per heavy atom. The third-order valence-electron chi connectivity index (χ3n) is 2.83. The van der Waals surface area contributed by atoms with Gasteiger partial charge >= 0.3 is 0 Å². The average Bonchev–Trinajstić information content (AvgIpc) is 3.00. The Bertz CT molecular complexity index is 425. The van der Waals surface area contributed by atoms with E-state index in [1.54, 1.807) is 24.7 Å². The van der Waals surface area contributed by atoms with Crippen LogP contribution in [0.2, 0.25) is 0 Å². The van der Waals surface area contributed by atoms with Gasteiger partial charge in [-0.05, 0) is 47.9 Å². The van der Waals surface area contributed by atoms with Gasteiger partial charge in [0.05, 0.1) is 18.9 Å². The van der Waals surface area contributed by atoms with Crippen molar-refractivity contribution in [2.24, 2.45) is 0 Å². The van der Waals surface area contributed by atoms with Crippen molar-refractivity contribution in [2.75, 3.05) is 13.7 Å². The Morgan fingerprint density at radius 3 is 2.94 bits per heavy atom. The zero-order valence-corrected chi connectivity index (χ0v) is 11.6. The first-order chi connectivity index (χ1) is 8.79. The van der Waals surface area contributed by atoms with Crippen molar-refractivity contribution in [1.29, 1.82) is 0 Å². The SMILES string of the molecule is COC[C@H](N[C@H](C)Cc1ccsc1)c1ccco1. The molecule has 2 aromatic rings. The van der Waals surface area contributed by atoms with E-state index in [1.807, 2.05) is 12.1 Å². The lowest BCUT2D eigenvalue weighted by molar-refractivity contribution is 0.152. The van der Waals surface area contributed by atoms with Gasteiger partial charge in [0.15, 0.2) is 0 Å². The average molecular weight is 265 g/mol. The topological polar surface area (TPSA) is 34.4 Å². The van der Waals surface area contributed by atoms with E-state index in [9.17, 15) is 0 Å². The van der Waals surface area contributed by atoms with E-state index in [2.05, 4.69) is 29.1 Å². The van der Waals surface area contributed by atoms with Crippen molar-refractivity contribution < 1.29 is 9.15 Å². The second-order valence-corrected chi connectivity index (χ2v) is 5.21. The number of nitrogens with one attached hydrogen (secondary N) is 1. The molecule has 0 aliphatic rings. The van der Waals surface area contributed by atoms with Crippen LogP contribution in [0.25, 0.3) is 0 Å². The van der Waals surface area contributed by atoms with Crippen LogP contribution in [0.1, 0.15) is 24.3 Å². The Morgan fingerprint density at radius 1 is 1.44 bits per heavy atom. The molecule has 98 valence electrons. The summed E-state index contributed by atoms with van der Waals surface area (Å²) in [4.78, 5) is 0. The van der Waals surface area contributed by atoms with Crippen LogP contribution < -0.4 is 5.32 Å². The first-order valence-corrected chi connectivity index (χ1v) is 7.03. The molecule has 4 heteroatoms. The highest BCUT2D eigenvalue weighted by molar-refractivity contribution is 7.07. The summed E-state index contributed by atoms with van der Waals surface area (Å²) in [5, 5.41) is 7.85. The molecule has 0 spiro atoms. The van der Waals surface area contributed by atoms with Gasteiger partial charge in [0.25, 0.3) is 0 Å². The van der Waals surface area contributed by atoms with Crippen molar-refractivity contribution in [2.45, 2.75) is 25.4 Å². The number of ether oxygens (including phenoxy) is 1. The van der Waals surface area contributed by atoms with Crippen LogP contribution in [0.5, 0.6) is 0 Å². The highest BCUT2D eigenvalue weighted by Crippen LogP contribution is 2.16. The van der Waals surface area contributed by atoms with Gasteiger partial charge in [0.2, 0.25) is 0 Å². The number of thiophene rings is 1. The zero-order chi connectivity index (χ0) is 12.8. The molecular formula is C14H19NO2S. The van der Waals surface area contributed by atoms with Gasteiger partial charge in [-0.3, -0.25) is 0 Å². The number of methoxy groups -OCH3 is 1. The summed E-state index contributed by atoms with van der Waals surface area (Å²) in [7, 11) is 1.71. The second kappa shape index (κ2) is 6.73. The normalized spacial score (nSPS) is 14.6. The van der Waals surface area contributed by atoms with E-state index in [4.69, 9.17) is 9.15 Å². The number of hydrogen-bond acceptors (Lipinski definition) is 4. The minimum Gasteiger partial charge on any atom is -0.468 e. The van der Waals surface area contributed by atoms with Crippen LogP contribution in [0.15, 0.2) is 39.6 Å². The standard InChI is InChI=1S/C14H19NO2S/c1-11(8-12-5-7-18-10-12)15-13(9-16-2)14-4-3-6-17-14/h3-7,10-11,13,15H,8-9H2,1-2H3/t11-,13+/m1/s1. The van der Waals surface area contributed by atoms with Gasteiger partial charge in [-0.25, -0.2) is 0 Å². The maximum Gasteiger partial charge on any atom is 0.123 e. The van der Waals surface area contributed by atoms with Crippen LogP contribution in [0.4, 0.5) is 0 Å². The molecule has 0 aromatic carbocycles. The molecule has 2 aromatic heterocycles. The molecule has 0 bridgehead atoms.